The van der Waals surface area contributed by atoms with Gasteiger partial charge in [-0.1, -0.05) is 53.5 Å². The van der Waals surface area contributed by atoms with Gasteiger partial charge in [0, 0.05) is 28.6 Å². The quantitative estimate of drug-likeness (QED) is 0.699. The molecule has 2 aromatic carbocycles. The lowest BCUT2D eigenvalue weighted by Crippen LogP contribution is -3.17. The minimum atomic E-state index is -0.378. The molecule has 1 amide bonds. The zero-order chi connectivity index (χ0) is 20.1. The molecule has 0 fully saturated rings. The first-order chi connectivity index (χ1) is 13.5. The zero-order valence-electron chi connectivity index (χ0n) is 15.6. The summed E-state index contributed by atoms with van der Waals surface area (Å²) in [6.07, 6.45) is 1.19. The van der Waals surface area contributed by atoms with Crippen LogP contribution in [0.2, 0.25) is 10.0 Å². The van der Waals surface area contributed by atoms with Crippen LogP contribution in [-0.2, 0) is 33.7 Å². The second kappa shape index (κ2) is 9.41. The summed E-state index contributed by atoms with van der Waals surface area (Å²) in [5.41, 5.74) is 3.23. The summed E-state index contributed by atoms with van der Waals surface area (Å²) in [7, 11) is 1.39. The van der Waals surface area contributed by atoms with Crippen molar-refractivity contribution < 1.29 is 19.2 Å². The standard InChI is InChI=1S/C21H22Cl2N2O3/c1-28-21(27)19-10-15-4-2-3-5-16(15)12-25(19)13-20(26)24-9-8-14-6-7-17(22)11-18(14)23/h2-7,11,19H,8-10,12-13H2,1H3,(H,24,26)/p+1/t19-/m0/s1. The maximum atomic E-state index is 12.5. The number of methoxy groups -OCH3 is 1. The number of ether oxygens (including phenoxy) is 1. The molecule has 0 radical (unpaired) electrons. The average molecular weight is 422 g/mol. The number of quaternary nitrogens is 1. The van der Waals surface area contributed by atoms with E-state index in [0.29, 0.717) is 36.0 Å². The molecule has 1 aliphatic heterocycles. The van der Waals surface area contributed by atoms with E-state index in [-0.39, 0.29) is 24.5 Å². The van der Waals surface area contributed by atoms with Crippen LogP contribution >= 0.6 is 23.2 Å². The summed E-state index contributed by atoms with van der Waals surface area (Å²) in [6, 6.07) is 13.0. The monoisotopic (exact) mass is 421 g/mol. The van der Waals surface area contributed by atoms with E-state index >= 15 is 0 Å². The first kappa shape index (κ1) is 20.6. The van der Waals surface area contributed by atoms with Crippen molar-refractivity contribution in [1.82, 2.24) is 5.32 Å². The van der Waals surface area contributed by atoms with Gasteiger partial charge in [0.2, 0.25) is 0 Å². The van der Waals surface area contributed by atoms with E-state index < -0.39 is 0 Å². The Balaban J connectivity index is 1.59. The lowest BCUT2D eigenvalue weighted by molar-refractivity contribution is -0.924. The summed E-state index contributed by atoms with van der Waals surface area (Å²) in [5.74, 6) is -0.390. The Morgan fingerprint density at radius 2 is 1.93 bits per heavy atom. The van der Waals surface area contributed by atoms with Crippen LogP contribution in [-0.4, -0.2) is 38.1 Å². The Hall–Kier alpha value is -2.08. The average Bonchev–Trinajstić information content (AvgIpc) is 2.68. The summed E-state index contributed by atoms with van der Waals surface area (Å²) in [4.78, 5) is 25.6. The van der Waals surface area contributed by atoms with Crippen molar-refractivity contribution in [2.24, 2.45) is 0 Å². The topological polar surface area (TPSA) is 59.8 Å². The van der Waals surface area contributed by atoms with Gasteiger partial charge < -0.3 is 15.0 Å². The third kappa shape index (κ3) is 5.04. The number of carbonyl (C=O) groups is 2. The molecule has 1 heterocycles. The van der Waals surface area contributed by atoms with Crippen molar-refractivity contribution in [3.8, 4) is 0 Å². The zero-order valence-corrected chi connectivity index (χ0v) is 17.1. The number of benzene rings is 2. The predicted octanol–water partition coefficient (Wildman–Crippen LogP) is 1.83. The molecule has 2 N–H and O–H groups in total. The van der Waals surface area contributed by atoms with Crippen molar-refractivity contribution in [1.29, 1.82) is 0 Å². The molecule has 2 aromatic rings. The number of halogens is 2. The van der Waals surface area contributed by atoms with Gasteiger partial charge >= 0.3 is 5.97 Å². The number of nitrogens with one attached hydrogen (secondary N) is 2. The number of hydrogen-bond acceptors (Lipinski definition) is 3. The van der Waals surface area contributed by atoms with Crippen molar-refractivity contribution in [3.05, 3.63) is 69.2 Å². The summed E-state index contributed by atoms with van der Waals surface area (Å²) < 4.78 is 4.96. The lowest BCUT2D eigenvalue weighted by atomic mass is 9.94. The molecular weight excluding hydrogens is 399 g/mol. The largest absolute Gasteiger partial charge is 0.465 e. The second-order valence-corrected chi connectivity index (χ2v) is 7.74. The summed E-state index contributed by atoms with van der Waals surface area (Å²) in [6.45, 7) is 1.29. The molecule has 1 aliphatic rings. The minimum absolute atomic E-state index is 0.103. The van der Waals surface area contributed by atoms with E-state index in [9.17, 15) is 9.59 Å². The Morgan fingerprint density at radius 3 is 2.64 bits per heavy atom. The summed E-state index contributed by atoms with van der Waals surface area (Å²) in [5, 5.41) is 4.09. The lowest BCUT2D eigenvalue weighted by Gasteiger charge is -2.31. The number of hydrogen-bond donors (Lipinski definition) is 2. The molecule has 3 rings (SSSR count). The Bertz CT molecular complexity index is 872. The van der Waals surface area contributed by atoms with Gasteiger partial charge in [-0.15, -0.1) is 0 Å². The molecule has 0 aromatic heterocycles. The molecular formula is C21H23Cl2N2O3+. The molecule has 0 bridgehead atoms. The number of carbonyl (C=O) groups excluding carboxylic acids is 2. The van der Waals surface area contributed by atoms with Gasteiger partial charge in [-0.05, 0) is 29.7 Å². The van der Waals surface area contributed by atoms with Gasteiger partial charge in [0.05, 0.1) is 7.11 Å². The van der Waals surface area contributed by atoms with Gasteiger partial charge in [0.25, 0.3) is 5.91 Å². The first-order valence-corrected chi connectivity index (χ1v) is 9.93. The molecule has 0 aliphatic carbocycles. The normalized spacial score (nSPS) is 18.2. The van der Waals surface area contributed by atoms with Gasteiger partial charge in [0.15, 0.2) is 12.6 Å². The highest BCUT2D eigenvalue weighted by molar-refractivity contribution is 6.35. The predicted molar refractivity (Wildman–Crippen MR) is 109 cm³/mol. The molecule has 0 spiro atoms. The highest BCUT2D eigenvalue weighted by atomic mass is 35.5. The number of esters is 1. The molecule has 2 atom stereocenters. The molecule has 5 nitrogen and oxygen atoms in total. The third-order valence-electron chi connectivity index (χ3n) is 5.06. The van der Waals surface area contributed by atoms with Crippen LogP contribution in [0, 0.1) is 0 Å². The SMILES string of the molecule is COC(=O)[C@@H]1Cc2ccccc2C[NH+]1CC(=O)NCCc1ccc(Cl)cc1Cl. The summed E-state index contributed by atoms with van der Waals surface area (Å²) >= 11 is 12.1. The molecule has 148 valence electrons. The highest BCUT2D eigenvalue weighted by Gasteiger charge is 2.36. The van der Waals surface area contributed by atoms with Crippen molar-refractivity contribution in [2.75, 3.05) is 20.2 Å². The van der Waals surface area contributed by atoms with Gasteiger partial charge in [0.1, 0.15) is 6.54 Å². The maximum absolute atomic E-state index is 12.5. The molecule has 0 saturated carbocycles. The van der Waals surface area contributed by atoms with Crippen LogP contribution in [0.1, 0.15) is 16.7 Å². The number of fused-ring (bicyclic) bond motifs is 1. The van der Waals surface area contributed by atoms with Gasteiger partial charge in [-0.2, -0.15) is 0 Å². The van der Waals surface area contributed by atoms with Crippen LogP contribution in [0.5, 0.6) is 0 Å². The second-order valence-electron chi connectivity index (χ2n) is 6.90. The van der Waals surface area contributed by atoms with Gasteiger partial charge in [-0.3, -0.25) is 4.79 Å². The Kier molecular flexibility index (Phi) is 6.94. The highest BCUT2D eigenvalue weighted by Crippen LogP contribution is 2.21. The van der Waals surface area contributed by atoms with Crippen LogP contribution in [0.15, 0.2) is 42.5 Å². The minimum Gasteiger partial charge on any atom is -0.465 e. The van der Waals surface area contributed by atoms with Crippen molar-refractivity contribution in [3.63, 3.8) is 0 Å². The van der Waals surface area contributed by atoms with E-state index in [1.54, 1.807) is 12.1 Å². The Labute approximate surface area is 174 Å². The van der Waals surface area contributed by atoms with E-state index in [2.05, 4.69) is 5.32 Å². The van der Waals surface area contributed by atoms with Crippen LogP contribution in [0.4, 0.5) is 0 Å². The maximum Gasteiger partial charge on any atom is 0.365 e. The van der Waals surface area contributed by atoms with Crippen molar-refractivity contribution in [2.45, 2.75) is 25.4 Å². The number of rotatable bonds is 6. The smallest absolute Gasteiger partial charge is 0.365 e. The van der Waals surface area contributed by atoms with Gasteiger partial charge in [-0.25, -0.2) is 4.79 Å². The molecule has 28 heavy (non-hydrogen) atoms. The fourth-order valence-electron chi connectivity index (χ4n) is 3.57. The van der Waals surface area contributed by atoms with E-state index in [0.717, 1.165) is 16.0 Å². The Morgan fingerprint density at radius 1 is 1.18 bits per heavy atom. The fraction of sp³-hybridized carbons (Fsp3) is 0.333. The van der Waals surface area contributed by atoms with Crippen molar-refractivity contribution >= 4 is 35.1 Å². The molecule has 7 heteroatoms. The van der Waals surface area contributed by atoms with Crippen LogP contribution < -0.4 is 10.2 Å². The van der Waals surface area contributed by atoms with E-state index in [1.807, 2.05) is 30.3 Å². The van der Waals surface area contributed by atoms with Crippen LogP contribution in [0.3, 0.4) is 0 Å². The molecule has 0 saturated heterocycles. The van der Waals surface area contributed by atoms with Crippen LogP contribution in [0.25, 0.3) is 0 Å². The number of amides is 1. The van der Waals surface area contributed by atoms with E-state index in [4.69, 9.17) is 27.9 Å². The third-order valence-corrected chi connectivity index (χ3v) is 5.64. The first-order valence-electron chi connectivity index (χ1n) is 9.17. The molecule has 1 unspecified atom stereocenters. The van der Waals surface area contributed by atoms with E-state index in [1.165, 1.54) is 12.7 Å². The fourth-order valence-corrected chi connectivity index (χ4v) is 4.07.